The van der Waals surface area contributed by atoms with Gasteiger partial charge in [0.2, 0.25) is 5.56 Å². The topological polar surface area (TPSA) is 89.0 Å². The Morgan fingerprint density at radius 2 is 2.32 bits per heavy atom. The number of carbonyl (C=O) groups is 1. The van der Waals surface area contributed by atoms with Crippen molar-refractivity contribution in [2.45, 2.75) is 25.5 Å². The van der Waals surface area contributed by atoms with Gasteiger partial charge in [0.05, 0.1) is 6.04 Å². The quantitative estimate of drug-likeness (QED) is 0.872. The van der Waals surface area contributed by atoms with E-state index in [4.69, 9.17) is 4.74 Å². The molecule has 2 aromatic rings. The van der Waals surface area contributed by atoms with Crippen LogP contribution >= 0.6 is 0 Å². The molecule has 0 aliphatic carbocycles. The highest BCUT2D eigenvalue weighted by Crippen LogP contribution is 2.27. The zero-order chi connectivity index (χ0) is 15.7. The van der Waals surface area contributed by atoms with Gasteiger partial charge < -0.3 is 19.6 Å². The summed E-state index contributed by atoms with van der Waals surface area (Å²) >= 11 is 0. The lowest BCUT2D eigenvalue weighted by Crippen LogP contribution is -2.38. The van der Waals surface area contributed by atoms with Crippen molar-refractivity contribution in [1.29, 1.82) is 0 Å². The van der Waals surface area contributed by atoms with Crippen molar-refractivity contribution in [3.05, 3.63) is 52.0 Å². The molecule has 0 bridgehead atoms. The standard InChI is InChI=1S/C15H18N4O3/c1-9-7-10(8-12(20)17-9)15(21)18-11-3-6-22-13(11)14-16-4-5-19(14)2/h4-5,7-8,11,13H,3,6H2,1-2H3,(H,17,20)(H,18,21)/t11-,13-/m0/s1. The minimum atomic E-state index is -0.284. The first-order valence-electron chi connectivity index (χ1n) is 7.15. The van der Waals surface area contributed by atoms with Crippen molar-refractivity contribution in [2.24, 2.45) is 7.05 Å². The van der Waals surface area contributed by atoms with Gasteiger partial charge in [-0.2, -0.15) is 0 Å². The number of aromatic amines is 1. The molecule has 1 fully saturated rings. The zero-order valence-corrected chi connectivity index (χ0v) is 12.5. The molecule has 0 unspecified atom stereocenters. The van der Waals surface area contributed by atoms with Crippen LogP contribution < -0.4 is 10.9 Å². The molecule has 1 amide bonds. The number of hydrogen-bond donors (Lipinski definition) is 2. The van der Waals surface area contributed by atoms with E-state index in [-0.39, 0.29) is 23.6 Å². The first-order valence-corrected chi connectivity index (χ1v) is 7.15. The summed E-state index contributed by atoms with van der Waals surface area (Å²) in [6, 6.07) is 2.80. The van der Waals surface area contributed by atoms with Crippen molar-refractivity contribution in [3.8, 4) is 0 Å². The highest BCUT2D eigenvalue weighted by molar-refractivity contribution is 5.94. The summed E-state index contributed by atoms with van der Waals surface area (Å²) in [5.41, 5.74) is 0.723. The molecule has 0 saturated carbocycles. The van der Waals surface area contributed by atoms with Crippen LogP contribution in [-0.2, 0) is 11.8 Å². The summed E-state index contributed by atoms with van der Waals surface area (Å²) in [4.78, 5) is 30.7. The molecule has 7 heteroatoms. The van der Waals surface area contributed by atoms with E-state index in [9.17, 15) is 9.59 Å². The van der Waals surface area contributed by atoms with Gasteiger partial charge in [-0.3, -0.25) is 9.59 Å². The molecular weight excluding hydrogens is 284 g/mol. The molecule has 2 N–H and O–H groups in total. The average Bonchev–Trinajstić information content (AvgIpc) is 3.06. The van der Waals surface area contributed by atoms with E-state index >= 15 is 0 Å². The SMILES string of the molecule is Cc1cc(C(=O)N[C@H]2CCO[C@@H]2c2nccn2C)cc(=O)[nH]1. The maximum absolute atomic E-state index is 12.4. The molecular formula is C15H18N4O3. The molecule has 1 aliphatic heterocycles. The van der Waals surface area contributed by atoms with Crippen LogP contribution in [-0.4, -0.2) is 33.1 Å². The molecule has 0 aromatic carbocycles. The monoisotopic (exact) mass is 302 g/mol. The van der Waals surface area contributed by atoms with Crippen molar-refractivity contribution in [3.63, 3.8) is 0 Å². The molecule has 7 nitrogen and oxygen atoms in total. The number of amides is 1. The largest absolute Gasteiger partial charge is 0.368 e. The second-order valence-corrected chi connectivity index (χ2v) is 5.47. The highest BCUT2D eigenvalue weighted by atomic mass is 16.5. The van der Waals surface area contributed by atoms with Gasteiger partial charge in [0.1, 0.15) is 11.9 Å². The van der Waals surface area contributed by atoms with Gasteiger partial charge in [-0.15, -0.1) is 0 Å². The molecule has 2 atom stereocenters. The number of H-pyrrole nitrogens is 1. The smallest absolute Gasteiger partial charge is 0.251 e. The number of nitrogens with one attached hydrogen (secondary N) is 2. The number of rotatable bonds is 3. The van der Waals surface area contributed by atoms with Gasteiger partial charge in [-0.05, 0) is 19.4 Å². The van der Waals surface area contributed by atoms with Gasteiger partial charge >= 0.3 is 0 Å². The summed E-state index contributed by atoms with van der Waals surface area (Å²) in [5.74, 6) is 0.508. The molecule has 1 saturated heterocycles. The van der Waals surface area contributed by atoms with Gasteiger partial charge in [-0.25, -0.2) is 4.98 Å². The first kappa shape index (κ1) is 14.5. The summed E-state index contributed by atoms with van der Waals surface area (Å²) in [6.07, 6.45) is 3.99. The lowest BCUT2D eigenvalue weighted by atomic mass is 10.1. The van der Waals surface area contributed by atoms with Gasteiger partial charge in [-0.1, -0.05) is 0 Å². The lowest BCUT2D eigenvalue weighted by Gasteiger charge is -2.19. The van der Waals surface area contributed by atoms with Crippen LogP contribution in [0.2, 0.25) is 0 Å². The molecule has 3 heterocycles. The van der Waals surface area contributed by atoms with Crippen LogP contribution in [0, 0.1) is 6.92 Å². The number of pyridine rings is 1. The number of ether oxygens (including phenoxy) is 1. The van der Waals surface area contributed by atoms with E-state index in [1.54, 1.807) is 19.2 Å². The fraction of sp³-hybridized carbons (Fsp3) is 0.400. The van der Waals surface area contributed by atoms with Crippen molar-refractivity contribution >= 4 is 5.91 Å². The van der Waals surface area contributed by atoms with Gasteiger partial charge in [0.15, 0.2) is 0 Å². The minimum Gasteiger partial charge on any atom is -0.368 e. The third kappa shape index (κ3) is 2.80. The van der Waals surface area contributed by atoms with E-state index in [1.165, 1.54) is 6.07 Å². The Bertz CT molecular complexity index is 749. The Morgan fingerprint density at radius 3 is 3.00 bits per heavy atom. The first-order chi connectivity index (χ1) is 10.5. The van der Waals surface area contributed by atoms with Gasteiger partial charge in [0, 0.05) is 43.4 Å². The summed E-state index contributed by atoms with van der Waals surface area (Å²) in [5, 5.41) is 2.95. The fourth-order valence-electron chi connectivity index (χ4n) is 2.71. The van der Waals surface area contributed by atoms with Gasteiger partial charge in [0.25, 0.3) is 5.91 Å². The minimum absolute atomic E-state index is 0.159. The maximum Gasteiger partial charge on any atom is 0.251 e. The second kappa shape index (κ2) is 5.76. The number of imidazole rings is 1. The maximum atomic E-state index is 12.4. The molecule has 22 heavy (non-hydrogen) atoms. The number of aromatic nitrogens is 3. The highest BCUT2D eigenvalue weighted by Gasteiger charge is 2.33. The average molecular weight is 302 g/mol. The zero-order valence-electron chi connectivity index (χ0n) is 12.5. The molecule has 2 aromatic heterocycles. The third-order valence-electron chi connectivity index (χ3n) is 3.76. The van der Waals surface area contributed by atoms with Crippen molar-refractivity contribution < 1.29 is 9.53 Å². The van der Waals surface area contributed by atoms with E-state index < -0.39 is 0 Å². The molecule has 116 valence electrons. The van der Waals surface area contributed by atoms with Crippen molar-refractivity contribution in [2.75, 3.05) is 6.61 Å². The summed E-state index contributed by atoms with van der Waals surface area (Å²) in [6.45, 7) is 2.31. The Hall–Kier alpha value is -2.41. The van der Waals surface area contributed by atoms with Crippen LogP contribution in [0.25, 0.3) is 0 Å². The number of carbonyl (C=O) groups excluding carboxylic acids is 1. The predicted octanol–water partition coefficient (Wildman–Crippen LogP) is 0.677. The molecule has 0 spiro atoms. The van der Waals surface area contributed by atoms with Crippen LogP contribution in [0.1, 0.15) is 34.4 Å². The number of hydrogen-bond acceptors (Lipinski definition) is 4. The molecule has 1 aliphatic rings. The number of nitrogens with zero attached hydrogens (tertiary/aromatic N) is 2. The van der Waals surface area contributed by atoms with E-state index in [1.807, 2.05) is 17.8 Å². The van der Waals surface area contributed by atoms with Crippen LogP contribution in [0.4, 0.5) is 0 Å². The van der Waals surface area contributed by atoms with E-state index in [2.05, 4.69) is 15.3 Å². The Labute approximate surface area is 127 Å². The Morgan fingerprint density at radius 1 is 1.50 bits per heavy atom. The van der Waals surface area contributed by atoms with Crippen LogP contribution in [0.3, 0.4) is 0 Å². The van der Waals surface area contributed by atoms with Crippen molar-refractivity contribution in [1.82, 2.24) is 19.9 Å². The Kier molecular flexibility index (Phi) is 3.81. The second-order valence-electron chi connectivity index (χ2n) is 5.47. The van der Waals surface area contributed by atoms with Crippen LogP contribution in [0.15, 0.2) is 29.3 Å². The lowest BCUT2D eigenvalue weighted by molar-refractivity contribution is 0.0779. The number of aryl methyl sites for hydroxylation is 2. The fourth-order valence-corrected chi connectivity index (χ4v) is 2.71. The van der Waals surface area contributed by atoms with E-state index in [0.29, 0.717) is 24.3 Å². The molecule has 3 rings (SSSR count). The van der Waals surface area contributed by atoms with Crippen LogP contribution in [0.5, 0.6) is 0 Å². The van der Waals surface area contributed by atoms with E-state index in [0.717, 1.165) is 5.82 Å². The Balaban J connectivity index is 1.78. The summed E-state index contributed by atoms with van der Waals surface area (Å²) in [7, 11) is 1.89. The summed E-state index contributed by atoms with van der Waals surface area (Å²) < 4.78 is 7.59. The third-order valence-corrected chi connectivity index (χ3v) is 3.76. The molecule has 0 radical (unpaired) electrons. The normalized spacial score (nSPS) is 21.0. The predicted molar refractivity (Wildman–Crippen MR) is 79.6 cm³/mol.